The summed E-state index contributed by atoms with van der Waals surface area (Å²) in [5, 5.41) is 14.4. The van der Waals surface area contributed by atoms with Crippen LogP contribution in [0.25, 0.3) is 0 Å². The molecule has 0 bridgehead atoms. The molecule has 2 aromatic carbocycles. The van der Waals surface area contributed by atoms with Gasteiger partial charge in [0.2, 0.25) is 10.0 Å². The van der Waals surface area contributed by atoms with Gasteiger partial charge in [-0.3, -0.25) is 9.52 Å². The van der Waals surface area contributed by atoms with Crippen LogP contribution < -0.4 is 10.0 Å². The van der Waals surface area contributed by atoms with Gasteiger partial charge >= 0.3 is 0 Å². The molecule has 40 heavy (non-hydrogen) atoms. The average Bonchev–Trinajstić information content (AvgIpc) is 3.37. The number of nitrogens with zero attached hydrogens (tertiary/aromatic N) is 2. The predicted molar refractivity (Wildman–Crippen MR) is 145 cm³/mol. The number of amidine groups is 1. The second-order valence-electron chi connectivity index (χ2n) is 11.5. The molecular formula is C27H27FN4O6S2. The summed E-state index contributed by atoms with van der Waals surface area (Å²) in [5.41, 5.74) is 0.687. The van der Waals surface area contributed by atoms with Gasteiger partial charge in [0.15, 0.2) is 5.84 Å². The summed E-state index contributed by atoms with van der Waals surface area (Å²) < 4.78 is 69.4. The summed E-state index contributed by atoms with van der Waals surface area (Å²) in [6.07, 6.45) is 3.83. The third-order valence-corrected chi connectivity index (χ3v) is 10.9. The summed E-state index contributed by atoms with van der Waals surface area (Å²) in [7, 11) is -8.00. The Morgan fingerprint density at radius 2 is 1.88 bits per heavy atom. The van der Waals surface area contributed by atoms with Crippen LogP contribution >= 0.6 is 0 Å². The number of benzene rings is 2. The largest absolute Gasteiger partial charge is 0.511 e. The zero-order chi connectivity index (χ0) is 28.1. The molecule has 0 radical (unpaired) electrons. The van der Waals surface area contributed by atoms with Gasteiger partial charge in [0.05, 0.1) is 11.9 Å². The van der Waals surface area contributed by atoms with Crippen molar-refractivity contribution in [1.82, 2.24) is 4.90 Å². The number of anilines is 2. The number of carbonyl (C=O) groups is 1. The lowest BCUT2D eigenvalue weighted by atomic mass is 9.85. The molecule has 2 aliphatic heterocycles. The normalized spacial score (nSPS) is 31.5. The smallest absolute Gasteiger partial charge is 0.286 e. The van der Waals surface area contributed by atoms with Crippen LogP contribution in [0.3, 0.4) is 0 Å². The Morgan fingerprint density at radius 3 is 2.60 bits per heavy atom. The lowest BCUT2D eigenvalue weighted by molar-refractivity contribution is -0.133. The highest BCUT2D eigenvalue weighted by atomic mass is 32.2. The predicted octanol–water partition coefficient (Wildman–Crippen LogP) is 3.23. The maximum absolute atomic E-state index is 14.1. The summed E-state index contributed by atoms with van der Waals surface area (Å²) in [5.74, 6) is 0.101. The Bertz CT molecular complexity index is 1740. The number of rotatable bonds is 5. The highest BCUT2D eigenvalue weighted by Crippen LogP contribution is 2.66. The summed E-state index contributed by atoms with van der Waals surface area (Å²) in [4.78, 5) is 15.6. The number of sulfonamides is 2. The van der Waals surface area contributed by atoms with E-state index in [2.05, 4.69) is 14.4 Å². The maximum Gasteiger partial charge on any atom is 0.286 e. The fraction of sp³-hybridized carbons (Fsp3) is 0.407. The van der Waals surface area contributed by atoms with Crippen LogP contribution in [-0.2, 0) is 31.4 Å². The number of amides is 1. The van der Waals surface area contributed by atoms with Gasteiger partial charge in [-0.25, -0.2) is 12.8 Å². The maximum atomic E-state index is 14.1. The van der Waals surface area contributed by atoms with Crippen LogP contribution in [0.5, 0.6) is 0 Å². The number of fused-ring (bicyclic) bond motifs is 6. The van der Waals surface area contributed by atoms with Crippen LogP contribution in [0, 0.1) is 35.4 Å². The molecule has 2 aromatic rings. The monoisotopic (exact) mass is 586 g/mol. The molecule has 5 aliphatic rings. The van der Waals surface area contributed by atoms with Crippen molar-refractivity contribution < 1.29 is 31.1 Å². The van der Waals surface area contributed by atoms with Gasteiger partial charge < -0.3 is 15.3 Å². The second kappa shape index (κ2) is 8.53. The Morgan fingerprint density at radius 1 is 1.12 bits per heavy atom. The average molecular weight is 587 g/mol. The van der Waals surface area contributed by atoms with Crippen LogP contribution in [-0.4, -0.2) is 50.9 Å². The fourth-order valence-electron chi connectivity index (χ4n) is 7.43. The molecule has 0 spiro atoms. The van der Waals surface area contributed by atoms with E-state index in [9.17, 15) is 31.1 Å². The number of halogens is 1. The van der Waals surface area contributed by atoms with Crippen molar-refractivity contribution in [3.63, 3.8) is 0 Å². The Balaban J connectivity index is 1.29. The second-order valence-corrected chi connectivity index (χ2v) is 14.8. The van der Waals surface area contributed by atoms with E-state index in [1.54, 1.807) is 17.0 Å². The molecule has 3 saturated carbocycles. The van der Waals surface area contributed by atoms with Crippen molar-refractivity contribution in [3.8, 4) is 0 Å². The van der Waals surface area contributed by atoms with E-state index in [0.29, 0.717) is 24.2 Å². The van der Waals surface area contributed by atoms with Gasteiger partial charge in [0.1, 0.15) is 22.0 Å². The lowest BCUT2D eigenvalue weighted by Gasteiger charge is -2.41. The van der Waals surface area contributed by atoms with Gasteiger partial charge in [0, 0.05) is 24.2 Å². The first kappa shape index (κ1) is 25.5. The Kier molecular flexibility index (Phi) is 5.44. The molecule has 3 aliphatic carbocycles. The van der Waals surface area contributed by atoms with Gasteiger partial charge in [-0.05, 0) is 78.8 Å². The fourth-order valence-corrected chi connectivity index (χ4v) is 9.14. The van der Waals surface area contributed by atoms with E-state index in [4.69, 9.17) is 0 Å². The SMILES string of the molecule is CS(=O)(=O)Nc1ccc2c(c1)S(=O)(=O)N=C(C1=C(O)[C@@H]3CC4CC5CC5C4[C@@H]3N(Cc3ccc(F)cc3)C1=O)N2. The van der Waals surface area contributed by atoms with Crippen molar-refractivity contribution in [2.24, 2.45) is 34.0 Å². The van der Waals surface area contributed by atoms with E-state index >= 15 is 0 Å². The minimum absolute atomic E-state index is 0.0465. The molecule has 0 aromatic heterocycles. The minimum Gasteiger partial charge on any atom is -0.511 e. The highest BCUT2D eigenvalue weighted by Gasteiger charge is 2.64. The van der Waals surface area contributed by atoms with Crippen molar-refractivity contribution in [2.45, 2.75) is 36.7 Å². The zero-order valence-corrected chi connectivity index (χ0v) is 23.0. The van der Waals surface area contributed by atoms with Crippen LogP contribution in [0.15, 0.2) is 63.1 Å². The first-order chi connectivity index (χ1) is 18.9. The molecule has 7 rings (SSSR count). The molecule has 3 N–H and O–H groups in total. The Hall–Kier alpha value is -3.45. The van der Waals surface area contributed by atoms with Gasteiger partial charge in [0.25, 0.3) is 15.9 Å². The quantitative estimate of drug-likeness (QED) is 0.488. The van der Waals surface area contributed by atoms with Crippen molar-refractivity contribution in [3.05, 3.63) is 65.2 Å². The molecule has 2 heterocycles. The van der Waals surface area contributed by atoms with Crippen molar-refractivity contribution in [2.75, 3.05) is 16.3 Å². The first-order valence-electron chi connectivity index (χ1n) is 13.1. The first-order valence-corrected chi connectivity index (χ1v) is 16.5. The van der Waals surface area contributed by atoms with Gasteiger partial charge in [-0.1, -0.05) is 12.1 Å². The van der Waals surface area contributed by atoms with Gasteiger partial charge in [-0.2, -0.15) is 8.42 Å². The third kappa shape index (κ3) is 4.09. The molecule has 1 amide bonds. The van der Waals surface area contributed by atoms with Crippen LogP contribution in [0.1, 0.15) is 24.8 Å². The number of carbonyl (C=O) groups excluding carboxylic acids is 1. The molecular weight excluding hydrogens is 559 g/mol. The topological polar surface area (TPSA) is 145 Å². The molecule has 0 saturated heterocycles. The lowest BCUT2D eigenvalue weighted by Crippen LogP contribution is -2.52. The third-order valence-electron chi connectivity index (χ3n) is 8.96. The van der Waals surface area contributed by atoms with Gasteiger partial charge in [-0.15, -0.1) is 4.40 Å². The standard InChI is InChI=1S/C27H27FN4O6S2/c1-39(35,36)30-17-6-7-20-21(11-17)40(37,38)31-26(29-20)23-25(33)19-10-15-8-14-9-18(14)22(15)24(19)32(27(23)34)12-13-2-4-16(28)5-3-13/h2-7,11,14-15,18-19,22,24,30,33H,8-10,12H2,1H3,(H,29,31)/t14?,15?,18?,19-,22?,24-/m1/s1. The van der Waals surface area contributed by atoms with Crippen molar-refractivity contribution >= 4 is 43.2 Å². The van der Waals surface area contributed by atoms with E-state index in [-0.39, 0.29) is 63.7 Å². The zero-order valence-electron chi connectivity index (χ0n) is 21.4. The highest BCUT2D eigenvalue weighted by molar-refractivity contribution is 7.92. The Labute approximate surface area is 231 Å². The van der Waals surface area contributed by atoms with E-state index in [1.165, 1.54) is 24.3 Å². The van der Waals surface area contributed by atoms with Crippen LogP contribution in [0.4, 0.5) is 15.8 Å². The summed E-state index contributed by atoms with van der Waals surface area (Å²) in [6.45, 7) is 0.189. The molecule has 210 valence electrons. The molecule has 6 atom stereocenters. The molecule has 13 heteroatoms. The van der Waals surface area contributed by atoms with E-state index in [1.807, 2.05) is 0 Å². The van der Waals surface area contributed by atoms with Crippen LogP contribution in [0.2, 0.25) is 0 Å². The molecule has 3 fully saturated rings. The number of aliphatic hydroxyl groups is 1. The number of hydrogen-bond acceptors (Lipinski definition) is 7. The van der Waals surface area contributed by atoms with E-state index < -0.39 is 26.0 Å². The van der Waals surface area contributed by atoms with E-state index in [0.717, 1.165) is 30.7 Å². The number of nitrogens with one attached hydrogen (secondary N) is 2. The minimum atomic E-state index is -4.35. The number of aliphatic hydroxyl groups excluding tert-OH is 1. The number of hydrogen-bond donors (Lipinski definition) is 3. The molecule has 10 nitrogen and oxygen atoms in total. The summed E-state index contributed by atoms with van der Waals surface area (Å²) in [6, 6.07) is 9.60. The van der Waals surface area contributed by atoms with Crippen molar-refractivity contribution in [1.29, 1.82) is 0 Å². The molecule has 4 unspecified atom stereocenters. The summed E-state index contributed by atoms with van der Waals surface area (Å²) >= 11 is 0.